The van der Waals surface area contributed by atoms with E-state index in [4.69, 9.17) is 77.7 Å². The molecule has 26 nitrogen and oxygen atoms in total. The zero-order valence-electron chi connectivity index (χ0n) is 62.1. The molecule has 106 heavy (non-hydrogen) atoms. The van der Waals surface area contributed by atoms with Crippen molar-refractivity contribution in [3.8, 4) is 0 Å². The maximum Gasteiger partial charge on any atom is 0.304 e. The largest absolute Gasteiger partial charge is 0.481 e. The molecule has 0 radical (unpaired) electrons. The summed E-state index contributed by atoms with van der Waals surface area (Å²) >= 11 is 0. The second kappa shape index (κ2) is 73.4. The number of rotatable bonds is 25. The summed E-state index contributed by atoms with van der Waals surface area (Å²) in [5.74, 6) is -2.31. The van der Waals surface area contributed by atoms with E-state index < -0.39 is 17.9 Å². The van der Waals surface area contributed by atoms with Crippen LogP contribution in [-0.4, -0.2) is 119 Å². The molecular formula is C76H117F4N15O11. The quantitative estimate of drug-likeness (QED) is 0.0128. The molecule has 1 heterocycles. The van der Waals surface area contributed by atoms with Crippen molar-refractivity contribution in [1.29, 1.82) is 0 Å². The van der Waals surface area contributed by atoms with E-state index in [1.165, 1.54) is 66.3 Å². The van der Waals surface area contributed by atoms with Crippen LogP contribution in [0, 0.1) is 25.5 Å². The van der Waals surface area contributed by atoms with E-state index in [1.54, 1.807) is 56.8 Å². The van der Waals surface area contributed by atoms with Crippen LogP contribution in [0.3, 0.4) is 0 Å². The number of hydrogen-bond donors (Lipinski definition) is 17. The lowest BCUT2D eigenvalue weighted by Gasteiger charge is -2.10. The number of ether oxygens (including phenoxy) is 1. The molecule has 6 aromatic carbocycles. The van der Waals surface area contributed by atoms with Crippen molar-refractivity contribution in [1.82, 2.24) is 21.4 Å². The van der Waals surface area contributed by atoms with Gasteiger partial charge in [0.25, 0.3) is 6.05 Å². The Bertz CT molecular complexity index is 3170. The second-order valence-electron chi connectivity index (χ2n) is 21.5. The lowest BCUT2D eigenvalue weighted by atomic mass is 10.1. The van der Waals surface area contributed by atoms with Gasteiger partial charge < -0.3 is 97.9 Å². The lowest BCUT2D eigenvalue weighted by Crippen LogP contribution is -2.35. The van der Waals surface area contributed by atoms with Gasteiger partial charge in [0.05, 0.1) is 39.6 Å². The zero-order chi connectivity index (χ0) is 81.2. The van der Waals surface area contributed by atoms with Gasteiger partial charge in [-0.15, -0.1) is 0 Å². The highest BCUT2D eigenvalue weighted by molar-refractivity contribution is 5.92. The first kappa shape index (κ1) is 105. The van der Waals surface area contributed by atoms with Gasteiger partial charge in [-0.2, -0.15) is 8.78 Å². The van der Waals surface area contributed by atoms with E-state index in [2.05, 4.69) is 56.9 Å². The number of nitrogens with one attached hydrogen (secondary N) is 4. The molecular weight excluding hydrogens is 1370 g/mol. The van der Waals surface area contributed by atoms with Gasteiger partial charge in [-0.1, -0.05) is 156 Å². The highest BCUT2D eigenvalue weighted by Gasteiger charge is 2.18. The van der Waals surface area contributed by atoms with Crippen molar-refractivity contribution in [3.05, 3.63) is 262 Å². The molecule has 5 amide bonds. The van der Waals surface area contributed by atoms with E-state index in [1.807, 2.05) is 115 Å². The Morgan fingerprint density at radius 2 is 0.943 bits per heavy atom. The molecule has 8 rings (SSSR count). The van der Waals surface area contributed by atoms with Crippen molar-refractivity contribution in [2.75, 3.05) is 67.6 Å². The van der Waals surface area contributed by atoms with Crippen LogP contribution in [0.15, 0.2) is 204 Å². The minimum Gasteiger partial charge on any atom is -0.481 e. The molecule has 590 valence electrons. The summed E-state index contributed by atoms with van der Waals surface area (Å²) in [7, 11) is 6.52. The fourth-order valence-corrected chi connectivity index (χ4v) is 6.60. The third-order valence-electron chi connectivity index (χ3n) is 12.1. The highest BCUT2D eigenvalue weighted by Crippen LogP contribution is 2.08. The summed E-state index contributed by atoms with van der Waals surface area (Å²) in [4.78, 5) is 64.6. The minimum absolute atomic E-state index is 0.0660. The number of hydroxylamine groups is 1. The van der Waals surface area contributed by atoms with Gasteiger partial charge in [-0.05, 0) is 111 Å². The van der Waals surface area contributed by atoms with E-state index >= 15 is 0 Å². The smallest absolute Gasteiger partial charge is 0.304 e. The molecule has 1 aliphatic carbocycles. The Morgan fingerprint density at radius 3 is 1.21 bits per heavy atom. The van der Waals surface area contributed by atoms with Crippen LogP contribution in [0.2, 0.25) is 0 Å². The molecule has 0 saturated heterocycles. The number of aryl methyl sites for hydroxylation is 2. The van der Waals surface area contributed by atoms with Gasteiger partial charge in [0, 0.05) is 104 Å². The standard InChI is InChI=1S/C8H9NO.C8H11N.C7H8FN.C7H7FO.2C7H9N.C6H9N.C5H10F2N2O.C5H7NO.C4H10N2O2.C4H10N2O.2C4H9NO2/c1-6-3-2-4-7(5-6)8(9)10;1-7-3-2-4-8(5-7)6-9;2*8-7-3-1-2-6(4-7)5-9;2*8-6-7-4-2-1-3-5-7;7-5-6-3-1-2-4-6;1-5(6,7)9-3-2-4(8)10;6-4-5-2-1-3-7-5;1-8-6-3-2-4(5)7;1-6-3-2-4(5)7;1-7-3-2-4(5)6;1-5-3-2-4(6)7/h2-5H,1H3,(H2,9,10);2-5H,6,9H2,1H3;1-4H,5,9H2;1-4,9H,5H2;2*1-5H,6,8H2;1-3H,4-5,7H2;9H,2-3H2,1H3,(H2,8,10);1-3H,4,6H2;6H,2-3H2,1H3,(H2,5,7);6H,2-3H2,1H3,(H2,5,7);2-3H2,1H3,(H2,5,6);5H,2-3H2,1H3,(H,6,7). The maximum atomic E-state index is 12.3. The number of furan rings is 1. The van der Waals surface area contributed by atoms with Crippen molar-refractivity contribution in [2.45, 2.75) is 105 Å². The number of amides is 5. The number of allylic oxidation sites excluding steroid dienone is 3. The van der Waals surface area contributed by atoms with Crippen molar-refractivity contribution < 1.29 is 70.5 Å². The van der Waals surface area contributed by atoms with E-state index in [9.17, 15) is 46.3 Å². The SMILES string of the molecule is CC(F)(F)NCCC(N)=O.CNCCC(=O)O.CNCCC(N)=O.COCCC(N)=O.CONCCC(N)=O.Cc1cccc(C(N)=O)c1.Cc1cccc(CN)c1.NCC1=CC=CC1.NCc1cccc(F)c1.NCc1ccccc1.NCc1ccccc1.NCc1ccco1.OCc1cccc(F)c1. The van der Waals surface area contributed by atoms with Gasteiger partial charge in [0.15, 0.2) is 0 Å². The normalized spacial score (nSPS) is 9.96. The first-order chi connectivity index (χ1) is 50.4. The number of aliphatic hydroxyl groups excluding tert-OH is 1. The average molecular weight is 1490 g/mol. The molecule has 28 N–H and O–H groups in total. The lowest BCUT2D eigenvalue weighted by molar-refractivity contribution is -0.137. The first-order valence-corrected chi connectivity index (χ1v) is 33.1. The molecule has 0 fully saturated rings. The molecule has 0 saturated carbocycles. The van der Waals surface area contributed by atoms with Crippen LogP contribution in [0.5, 0.6) is 0 Å². The van der Waals surface area contributed by atoms with Gasteiger partial charge >= 0.3 is 5.97 Å². The number of carbonyl (C=O) groups is 6. The summed E-state index contributed by atoms with van der Waals surface area (Å²) in [6.07, 6.45) is 10.1. The molecule has 30 heteroatoms. The van der Waals surface area contributed by atoms with Crippen LogP contribution in [0.1, 0.15) is 101 Å². The van der Waals surface area contributed by atoms with Crippen LogP contribution in [-0.2, 0) is 72.9 Å². The third kappa shape index (κ3) is 78.2. The number of methoxy groups -OCH3 is 1. The minimum atomic E-state index is -2.92. The van der Waals surface area contributed by atoms with Crippen LogP contribution < -0.4 is 84.5 Å². The molecule has 0 spiro atoms. The fourth-order valence-electron chi connectivity index (χ4n) is 6.60. The average Bonchev–Trinajstić information content (AvgIpc) is 1.48. The number of aliphatic hydroxyl groups is 1. The number of carboxylic acids is 1. The summed E-state index contributed by atoms with van der Waals surface area (Å²) in [6, 6.07) is 48.3. The van der Waals surface area contributed by atoms with Gasteiger partial charge in [0.1, 0.15) is 17.4 Å². The number of alkyl halides is 2. The molecule has 0 bridgehead atoms. The van der Waals surface area contributed by atoms with E-state index in [0.29, 0.717) is 103 Å². The number of carboxylic acid groups (broad SMARTS) is 1. The Hall–Kier alpha value is -9.90. The number of carbonyl (C=O) groups excluding carboxylic acids is 5. The highest BCUT2D eigenvalue weighted by atomic mass is 19.3. The molecule has 0 aliphatic heterocycles. The molecule has 1 aromatic heterocycles. The number of halogens is 4. The molecule has 0 atom stereocenters. The first-order valence-electron chi connectivity index (χ1n) is 33.1. The predicted octanol–water partition coefficient (Wildman–Crippen LogP) is 6.36. The molecule has 1 aliphatic rings. The van der Waals surface area contributed by atoms with Gasteiger partial charge in [-0.3, -0.25) is 34.1 Å². The van der Waals surface area contributed by atoms with Crippen molar-refractivity contribution >= 4 is 35.5 Å². The van der Waals surface area contributed by atoms with Crippen LogP contribution in [0.4, 0.5) is 17.6 Å². The number of benzene rings is 6. The second-order valence-corrected chi connectivity index (χ2v) is 21.5. The van der Waals surface area contributed by atoms with E-state index in [-0.39, 0.29) is 61.3 Å². The summed E-state index contributed by atoms with van der Waals surface area (Å²) in [5, 5.41) is 23.8. The van der Waals surface area contributed by atoms with Crippen molar-refractivity contribution in [3.63, 3.8) is 0 Å². The fraction of sp³-hybridized carbons (Fsp3) is 0.342. The number of nitrogens with two attached hydrogens (primary N) is 11. The Morgan fingerprint density at radius 1 is 0.509 bits per heavy atom. The Balaban J connectivity index is -0.000000348. The summed E-state index contributed by atoms with van der Waals surface area (Å²) in [6.45, 7) is 10.2. The molecule has 0 unspecified atom stereocenters. The summed E-state index contributed by atoms with van der Waals surface area (Å²) < 4.78 is 57.8. The van der Waals surface area contributed by atoms with Gasteiger partial charge in [-0.25, -0.2) is 14.3 Å². The predicted molar refractivity (Wildman–Crippen MR) is 412 cm³/mol. The number of aliphatic carboxylic acids is 1. The number of hydrogen-bond acceptors (Lipinski definition) is 20. The monoisotopic (exact) mass is 1490 g/mol. The topological polar surface area (TPSA) is 509 Å². The molecule has 7 aromatic rings. The Kier molecular flexibility index (Phi) is 72.5. The van der Waals surface area contributed by atoms with E-state index in [0.717, 1.165) is 23.3 Å². The zero-order valence-corrected chi connectivity index (χ0v) is 62.1. The van der Waals surface area contributed by atoms with Crippen LogP contribution in [0.25, 0.3) is 0 Å². The van der Waals surface area contributed by atoms with Crippen LogP contribution >= 0.6 is 0 Å². The maximum absolute atomic E-state index is 12.3. The number of primary amides is 5. The Labute approximate surface area is 622 Å². The third-order valence-corrected chi connectivity index (χ3v) is 12.1. The van der Waals surface area contributed by atoms with Gasteiger partial charge in [0.2, 0.25) is 29.5 Å². The summed E-state index contributed by atoms with van der Waals surface area (Å²) in [5.41, 5.74) is 67.7. The van der Waals surface area contributed by atoms with Crippen molar-refractivity contribution in [2.24, 2.45) is 63.1 Å².